The van der Waals surface area contributed by atoms with Gasteiger partial charge in [0.2, 0.25) is 0 Å². The highest BCUT2D eigenvalue weighted by molar-refractivity contribution is 7.99. The number of sulfone groups is 1. The van der Waals surface area contributed by atoms with Gasteiger partial charge in [0.05, 0.1) is 29.2 Å². The number of rotatable bonds is 3. The minimum absolute atomic E-state index is 0.131. The molecule has 0 bridgehead atoms. The van der Waals surface area contributed by atoms with Crippen LogP contribution in [0.5, 0.6) is 0 Å². The number of carbonyl (C=O) groups is 1. The largest absolute Gasteiger partial charge is 0.465 e. The Bertz CT molecular complexity index is 639. The Labute approximate surface area is 132 Å². The van der Waals surface area contributed by atoms with Crippen LogP contribution >= 0.6 is 23.1 Å². The lowest BCUT2D eigenvalue weighted by Gasteiger charge is -2.21. The van der Waals surface area contributed by atoms with Crippen LogP contribution in [0.25, 0.3) is 0 Å². The number of nitrogens with zero attached hydrogens (tertiary/aromatic N) is 1. The highest BCUT2D eigenvalue weighted by atomic mass is 32.2. The first kappa shape index (κ1) is 16.4. The predicted octanol–water partition coefficient (Wildman–Crippen LogP) is 1.46. The lowest BCUT2D eigenvalue weighted by atomic mass is 10.3. The molecule has 9 heteroatoms. The highest BCUT2D eigenvalue weighted by Crippen LogP contribution is 2.44. The van der Waals surface area contributed by atoms with Crippen molar-refractivity contribution in [1.29, 1.82) is 0 Å². The molecule has 1 saturated heterocycles. The number of nitrogen functional groups attached to an aromatic ring is 1. The number of methoxy groups -OCH3 is 1. The molecule has 118 valence electrons. The lowest BCUT2D eigenvalue weighted by molar-refractivity contribution is 0.0607. The molecule has 1 aromatic rings. The molecule has 0 aromatic carbocycles. The van der Waals surface area contributed by atoms with E-state index in [-0.39, 0.29) is 11.5 Å². The molecule has 1 fully saturated rings. The minimum Gasteiger partial charge on any atom is -0.465 e. The van der Waals surface area contributed by atoms with Gasteiger partial charge in [0.15, 0.2) is 9.84 Å². The summed E-state index contributed by atoms with van der Waals surface area (Å²) in [4.78, 5) is 15.0. The van der Waals surface area contributed by atoms with Crippen LogP contribution in [0.4, 0.5) is 10.7 Å². The van der Waals surface area contributed by atoms with Gasteiger partial charge in [-0.3, -0.25) is 0 Å². The molecule has 0 aliphatic carbocycles. The summed E-state index contributed by atoms with van der Waals surface area (Å²) in [5.41, 5.74) is 6.45. The number of nitrogens with two attached hydrogens (primary N) is 1. The van der Waals surface area contributed by atoms with E-state index >= 15 is 0 Å². The number of anilines is 2. The van der Waals surface area contributed by atoms with E-state index in [0.29, 0.717) is 30.1 Å². The normalized spacial score (nSPS) is 18.3. The van der Waals surface area contributed by atoms with Gasteiger partial charge in [0.1, 0.15) is 9.88 Å². The van der Waals surface area contributed by atoms with Gasteiger partial charge in [0.25, 0.3) is 0 Å². The van der Waals surface area contributed by atoms with Crippen molar-refractivity contribution >= 4 is 49.6 Å². The topological polar surface area (TPSA) is 89.7 Å². The van der Waals surface area contributed by atoms with Gasteiger partial charge in [-0.25, -0.2) is 13.2 Å². The maximum atomic E-state index is 11.8. The molecular weight excluding hydrogens is 332 g/mol. The fourth-order valence-electron chi connectivity index (χ4n) is 2.21. The fraction of sp³-hybridized carbons (Fsp3) is 0.583. The van der Waals surface area contributed by atoms with Crippen molar-refractivity contribution in [2.24, 2.45) is 0 Å². The zero-order chi connectivity index (χ0) is 15.6. The summed E-state index contributed by atoms with van der Waals surface area (Å²) in [6.45, 7) is 1.07. The van der Waals surface area contributed by atoms with Gasteiger partial charge in [-0.05, 0) is 12.7 Å². The number of hydrogen-bond donors (Lipinski definition) is 1. The van der Waals surface area contributed by atoms with E-state index in [0.717, 1.165) is 9.90 Å². The first-order chi connectivity index (χ1) is 9.89. The summed E-state index contributed by atoms with van der Waals surface area (Å²) in [5.74, 6) is -0.115. The molecule has 1 aromatic heterocycles. The predicted molar refractivity (Wildman–Crippen MR) is 87.3 cm³/mol. The first-order valence-corrected chi connectivity index (χ1v) is 10.3. The summed E-state index contributed by atoms with van der Waals surface area (Å²) >= 11 is 2.73. The molecule has 0 unspecified atom stereocenters. The number of carbonyl (C=O) groups excluding carboxylic acids is 1. The Morgan fingerprint density at radius 1 is 1.38 bits per heavy atom. The molecule has 0 amide bonds. The Morgan fingerprint density at radius 2 is 2.10 bits per heavy atom. The van der Waals surface area contributed by atoms with Crippen molar-refractivity contribution in [3.8, 4) is 0 Å². The molecule has 0 radical (unpaired) electrons. The van der Waals surface area contributed by atoms with Gasteiger partial charge in [-0.2, -0.15) is 0 Å². The second-order valence-electron chi connectivity index (χ2n) is 4.67. The number of thioether (sulfide) groups is 1. The number of hydrogen-bond acceptors (Lipinski definition) is 8. The minimum atomic E-state index is -2.97. The number of esters is 1. The van der Waals surface area contributed by atoms with Crippen LogP contribution < -0.4 is 10.6 Å². The summed E-state index contributed by atoms with van der Waals surface area (Å²) in [5, 5.41) is 0.859. The summed E-state index contributed by atoms with van der Waals surface area (Å²) < 4.78 is 28.1. The molecule has 6 nitrogen and oxygen atoms in total. The van der Waals surface area contributed by atoms with Crippen LogP contribution in [0.15, 0.2) is 4.90 Å². The van der Waals surface area contributed by atoms with Crippen molar-refractivity contribution < 1.29 is 17.9 Å². The molecule has 0 atom stereocenters. The van der Waals surface area contributed by atoms with Crippen LogP contribution in [-0.4, -0.2) is 52.3 Å². The Hall–Kier alpha value is -0.930. The van der Waals surface area contributed by atoms with E-state index in [4.69, 9.17) is 10.5 Å². The van der Waals surface area contributed by atoms with E-state index in [2.05, 4.69) is 0 Å². The molecular formula is C12H18N2O4S3. The maximum absolute atomic E-state index is 11.8. The third-order valence-corrected chi connectivity index (χ3v) is 7.21. The van der Waals surface area contributed by atoms with Crippen LogP contribution in [0.1, 0.15) is 16.1 Å². The third kappa shape index (κ3) is 3.46. The van der Waals surface area contributed by atoms with Crippen LogP contribution in [0.2, 0.25) is 0 Å². The number of thiophene rings is 1. The molecule has 1 aliphatic heterocycles. The molecule has 2 heterocycles. The van der Waals surface area contributed by atoms with Crippen molar-refractivity contribution in [2.75, 3.05) is 48.6 Å². The molecule has 0 saturated carbocycles. The van der Waals surface area contributed by atoms with E-state index in [1.807, 2.05) is 11.2 Å². The van der Waals surface area contributed by atoms with E-state index in [1.165, 1.54) is 30.2 Å². The average Bonchev–Trinajstić information content (AvgIpc) is 2.66. The standard InChI is InChI=1S/C12H18N2O4S3/c1-18-12(15)10-8(13)9(19-2)11(20-10)14-4-3-6-21(16,17)7-5-14/h3-7,13H2,1-2H3. The number of ether oxygens (including phenoxy) is 1. The van der Waals surface area contributed by atoms with Crippen molar-refractivity contribution in [1.82, 2.24) is 0 Å². The summed E-state index contributed by atoms with van der Waals surface area (Å²) in [6, 6.07) is 0. The van der Waals surface area contributed by atoms with Gasteiger partial charge in [0, 0.05) is 13.1 Å². The summed E-state index contributed by atoms with van der Waals surface area (Å²) in [7, 11) is -1.65. The smallest absolute Gasteiger partial charge is 0.350 e. The molecule has 2 N–H and O–H groups in total. The van der Waals surface area contributed by atoms with Gasteiger partial charge < -0.3 is 15.4 Å². The molecule has 2 rings (SSSR count). The van der Waals surface area contributed by atoms with Gasteiger partial charge in [-0.1, -0.05) is 0 Å². The van der Waals surface area contributed by atoms with Crippen LogP contribution in [-0.2, 0) is 14.6 Å². The Kier molecular flexibility index (Phi) is 5.05. The fourth-order valence-corrected chi connectivity index (χ4v) is 5.63. The summed E-state index contributed by atoms with van der Waals surface area (Å²) in [6.07, 6.45) is 2.47. The van der Waals surface area contributed by atoms with E-state index in [1.54, 1.807) is 0 Å². The van der Waals surface area contributed by atoms with E-state index < -0.39 is 15.8 Å². The van der Waals surface area contributed by atoms with Gasteiger partial charge >= 0.3 is 5.97 Å². The first-order valence-electron chi connectivity index (χ1n) is 6.39. The Balaban J connectivity index is 2.37. The van der Waals surface area contributed by atoms with Crippen molar-refractivity contribution in [2.45, 2.75) is 11.3 Å². The Morgan fingerprint density at radius 3 is 2.71 bits per heavy atom. The van der Waals surface area contributed by atoms with Crippen molar-refractivity contribution in [3.05, 3.63) is 4.88 Å². The second kappa shape index (κ2) is 6.45. The van der Waals surface area contributed by atoms with Crippen molar-refractivity contribution in [3.63, 3.8) is 0 Å². The van der Waals surface area contributed by atoms with Crippen LogP contribution in [0, 0.1) is 0 Å². The SMILES string of the molecule is COC(=O)c1sc(N2CCCS(=O)(=O)CC2)c(SC)c1N. The van der Waals surface area contributed by atoms with Gasteiger partial charge in [-0.15, -0.1) is 23.1 Å². The lowest BCUT2D eigenvalue weighted by Crippen LogP contribution is -2.26. The molecule has 21 heavy (non-hydrogen) atoms. The second-order valence-corrected chi connectivity index (χ2v) is 8.79. The highest BCUT2D eigenvalue weighted by Gasteiger charge is 2.27. The monoisotopic (exact) mass is 350 g/mol. The molecule has 1 aliphatic rings. The van der Waals surface area contributed by atoms with E-state index in [9.17, 15) is 13.2 Å². The maximum Gasteiger partial charge on any atom is 0.350 e. The zero-order valence-corrected chi connectivity index (χ0v) is 14.4. The third-order valence-electron chi connectivity index (χ3n) is 3.30. The zero-order valence-electron chi connectivity index (χ0n) is 11.9. The van der Waals surface area contributed by atoms with Crippen LogP contribution in [0.3, 0.4) is 0 Å². The quantitative estimate of drug-likeness (QED) is 0.652. The average molecular weight is 350 g/mol. The molecule has 0 spiro atoms.